The van der Waals surface area contributed by atoms with Crippen molar-refractivity contribution < 1.29 is 0 Å². The Labute approximate surface area is 52.4 Å². The number of aromatic nitrogens is 1. The van der Waals surface area contributed by atoms with Gasteiger partial charge >= 0.3 is 6.07 Å². The highest BCUT2D eigenvalue weighted by atomic mass is 16.4. The van der Waals surface area contributed by atoms with Crippen molar-refractivity contribution >= 4 is 0 Å². The molecule has 1 rings (SSSR count). The Balaban J connectivity index is 2.94. The van der Waals surface area contributed by atoms with E-state index in [0.717, 1.165) is 0 Å². The molecule has 1 aromatic rings. The quantitative estimate of drug-likeness (QED) is 0.483. The van der Waals surface area contributed by atoms with Gasteiger partial charge in [-0.2, -0.15) is 0 Å². The third kappa shape index (κ3) is 1.42. The molecule has 0 saturated heterocycles. The average molecular weight is 120 g/mol. The summed E-state index contributed by atoms with van der Waals surface area (Å²) in [6, 6.07) is 5.63. The van der Waals surface area contributed by atoms with Crippen molar-refractivity contribution in [3.05, 3.63) is 40.3 Å². The highest BCUT2D eigenvalue weighted by molar-refractivity contribution is 5.27. The van der Waals surface area contributed by atoms with E-state index in [0.29, 0.717) is 5.56 Å². The van der Waals surface area contributed by atoms with Gasteiger partial charge in [-0.15, -0.1) is 0 Å². The fourth-order valence-corrected chi connectivity index (χ4v) is 0.482. The molecule has 1 aromatic heterocycles. The summed E-state index contributed by atoms with van der Waals surface area (Å²) in [5.74, 6) is 0. The average Bonchev–Trinajstić information content (AvgIpc) is 1.91. The van der Waals surface area contributed by atoms with Crippen LogP contribution in [-0.4, -0.2) is 4.98 Å². The Morgan fingerprint density at radius 1 is 1.67 bits per heavy atom. The predicted octanol–water partition coefficient (Wildman–Crippen LogP) is 1.26. The van der Waals surface area contributed by atoms with Gasteiger partial charge in [-0.3, -0.25) is 4.98 Å². The lowest BCUT2D eigenvalue weighted by atomic mass is 10.3. The third-order valence-electron chi connectivity index (χ3n) is 0.836. The monoisotopic (exact) mass is 120 g/mol. The minimum absolute atomic E-state index is 0.604. The maximum absolute atomic E-state index is 9.59. The molecular weight excluding hydrogens is 116 g/mol. The predicted molar refractivity (Wildman–Crippen MR) is 34.0 cm³/mol. The SMILES string of the molecule is [O-][N+]#Cc1cccnc1. The summed E-state index contributed by atoms with van der Waals surface area (Å²) in [5.41, 5.74) is 0.604. The maximum atomic E-state index is 9.59. The van der Waals surface area contributed by atoms with Crippen molar-refractivity contribution in [1.82, 2.24) is 4.98 Å². The second kappa shape index (κ2) is 2.68. The summed E-state index contributed by atoms with van der Waals surface area (Å²) in [6.45, 7) is 0. The lowest BCUT2D eigenvalue weighted by Gasteiger charge is -1.77. The largest absolute Gasteiger partial charge is 0.498 e. The van der Waals surface area contributed by atoms with E-state index in [4.69, 9.17) is 0 Å². The Kier molecular flexibility index (Phi) is 1.66. The first-order valence-corrected chi connectivity index (χ1v) is 2.42. The van der Waals surface area contributed by atoms with Crippen LogP contribution >= 0.6 is 0 Å². The van der Waals surface area contributed by atoms with Crippen LogP contribution in [0.1, 0.15) is 5.56 Å². The number of pyridine rings is 1. The van der Waals surface area contributed by atoms with Crippen molar-refractivity contribution in [2.45, 2.75) is 0 Å². The van der Waals surface area contributed by atoms with Gasteiger partial charge in [0.25, 0.3) is 0 Å². The van der Waals surface area contributed by atoms with Gasteiger partial charge in [0.05, 0.1) is 0 Å². The van der Waals surface area contributed by atoms with E-state index in [1.54, 1.807) is 18.3 Å². The number of hydrogen-bond acceptors (Lipinski definition) is 2. The molecule has 1 heterocycles. The molecular formula is C6H4N2O. The Morgan fingerprint density at radius 2 is 2.56 bits per heavy atom. The van der Waals surface area contributed by atoms with Gasteiger partial charge in [-0.05, 0) is 12.1 Å². The van der Waals surface area contributed by atoms with Crippen LogP contribution in [0.3, 0.4) is 0 Å². The zero-order chi connectivity index (χ0) is 6.53. The molecule has 0 bridgehead atoms. The lowest BCUT2D eigenvalue weighted by molar-refractivity contribution is 1.31. The molecule has 0 fully saturated rings. The fourth-order valence-electron chi connectivity index (χ4n) is 0.482. The highest BCUT2D eigenvalue weighted by Crippen LogP contribution is 1.90. The molecule has 0 saturated carbocycles. The van der Waals surface area contributed by atoms with Crippen LogP contribution in [0.2, 0.25) is 0 Å². The van der Waals surface area contributed by atoms with Crippen LogP contribution in [0.5, 0.6) is 0 Å². The van der Waals surface area contributed by atoms with Crippen LogP contribution in [0.25, 0.3) is 5.01 Å². The number of rotatable bonds is 0. The van der Waals surface area contributed by atoms with E-state index in [1.807, 2.05) is 0 Å². The van der Waals surface area contributed by atoms with Gasteiger partial charge < -0.3 is 5.21 Å². The van der Waals surface area contributed by atoms with Gasteiger partial charge in [0.15, 0.2) is 0 Å². The second-order valence-corrected chi connectivity index (χ2v) is 1.44. The van der Waals surface area contributed by atoms with Gasteiger partial charge in [0.1, 0.15) is 5.56 Å². The van der Waals surface area contributed by atoms with E-state index in [1.165, 1.54) is 6.20 Å². The van der Waals surface area contributed by atoms with Crippen molar-refractivity contribution in [2.75, 3.05) is 0 Å². The Morgan fingerprint density at radius 3 is 3.11 bits per heavy atom. The summed E-state index contributed by atoms with van der Waals surface area (Å²) >= 11 is 0. The summed E-state index contributed by atoms with van der Waals surface area (Å²) < 4.78 is 0. The van der Waals surface area contributed by atoms with Gasteiger partial charge in [0.2, 0.25) is 0 Å². The van der Waals surface area contributed by atoms with E-state index in [9.17, 15) is 5.21 Å². The summed E-state index contributed by atoms with van der Waals surface area (Å²) in [4.78, 5) is 3.74. The van der Waals surface area contributed by atoms with Gasteiger partial charge in [-0.1, -0.05) is 0 Å². The second-order valence-electron chi connectivity index (χ2n) is 1.44. The van der Waals surface area contributed by atoms with E-state index in [-0.39, 0.29) is 0 Å². The molecule has 0 amide bonds. The highest BCUT2D eigenvalue weighted by Gasteiger charge is 1.88. The molecule has 0 N–H and O–H groups in total. The number of hydrogen-bond donors (Lipinski definition) is 0. The van der Waals surface area contributed by atoms with E-state index >= 15 is 0 Å². The fraction of sp³-hybridized carbons (Fsp3) is 0. The van der Waals surface area contributed by atoms with E-state index < -0.39 is 0 Å². The van der Waals surface area contributed by atoms with Crippen molar-refractivity contribution in [2.24, 2.45) is 0 Å². The van der Waals surface area contributed by atoms with Crippen LogP contribution in [0, 0.1) is 11.3 Å². The zero-order valence-electron chi connectivity index (χ0n) is 4.61. The molecule has 44 valence electrons. The van der Waals surface area contributed by atoms with Crippen LogP contribution < -0.4 is 0 Å². The van der Waals surface area contributed by atoms with Gasteiger partial charge in [-0.25, -0.2) is 0 Å². The minimum atomic E-state index is 0.604. The minimum Gasteiger partial charge on any atom is -0.498 e. The molecule has 0 aliphatic heterocycles. The molecule has 3 heteroatoms. The molecule has 0 aromatic carbocycles. The first kappa shape index (κ1) is 5.57. The molecule has 0 aliphatic rings. The van der Waals surface area contributed by atoms with Crippen molar-refractivity contribution in [3.63, 3.8) is 0 Å². The summed E-state index contributed by atoms with van der Waals surface area (Å²) in [7, 11) is 0. The molecule has 0 spiro atoms. The first-order valence-electron chi connectivity index (χ1n) is 2.42. The van der Waals surface area contributed by atoms with Crippen LogP contribution in [0.4, 0.5) is 0 Å². The first-order chi connectivity index (χ1) is 4.43. The van der Waals surface area contributed by atoms with Gasteiger partial charge in [0, 0.05) is 17.4 Å². The van der Waals surface area contributed by atoms with Crippen molar-refractivity contribution in [3.8, 4) is 6.07 Å². The third-order valence-corrected chi connectivity index (χ3v) is 0.836. The van der Waals surface area contributed by atoms with Crippen molar-refractivity contribution in [1.29, 1.82) is 0 Å². The Hall–Kier alpha value is -1.56. The molecule has 0 aliphatic carbocycles. The molecule has 0 atom stereocenters. The molecule has 3 nitrogen and oxygen atoms in total. The standard InChI is InChI=1S/C6H4N2O/c9-8-5-6-2-1-3-7-4-6/h1-4H. The Bertz CT molecular complexity index is 234. The van der Waals surface area contributed by atoms with E-state index in [2.05, 4.69) is 16.1 Å². The molecule has 9 heavy (non-hydrogen) atoms. The number of nitrogens with zero attached hydrogens (tertiary/aromatic N) is 2. The maximum Gasteiger partial charge on any atom is 0.338 e. The smallest absolute Gasteiger partial charge is 0.338 e. The lowest BCUT2D eigenvalue weighted by Crippen LogP contribution is -1.72. The summed E-state index contributed by atoms with van der Waals surface area (Å²) in [5, 5.41) is 12.1. The zero-order valence-corrected chi connectivity index (χ0v) is 4.61. The summed E-state index contributed by atoms with van der Waals surface area (Å²) in [6.07, 6.45) is 3.14. The topological polar surface area (TPSA) is 40.3 Å². The molecule has 0 unspecified atom stereocenters. The normalized spacial score (nSPS) is 7.56. The molecule has 0 radical (unpaired) electrons. The van der Waals surface area contributed by atoms with Crippen LogP contribution in [0.15, 0.2) is 24.5 Å². The van der Waals surface area contributed by atoms with Crippen LogP contribution in [-0.2, 0) is 0 Å².